The van der Waals surface area contributed by atoms with Crippen molar-refractivity contribution in [1.29, 1.82) is 0 Å². The fourth-order valence-corrected chi connectivity index (χ4v) is 1.67. The number of nitrogens with zero attached hydrogens (tertiary/aromatic N) is 3. The first-order valence-corrected chi connectivity index (χ1v) is 5.93. The van der Waals surface area contributed by atoms with Crippen molar-refractivity contribution in [2.24, 2.45) is 0 Å². The summed E-state index contributed by atoms with van der Waals surface area (Å²) in [6, 6.07) is 1.83. The minimum atomic E-state index is -3.19. The van der Waals surface area contributed by atoms with Crippen LogP contribution in [0.2, 0.25) is 0 Å². The van der Waals surface area contributed by atoms with Gasteiger partial charge in [-0.25, -0.2) is 14.1 Å². The maximum atomic E-state index is 13.8. The number of anilines is 1. The van der Waals surface area contributed by atoms with E-state index in [9.17, 15) is 18.0 Å². The minimum Gasteiger partial charge on any atom is -0.432 e. The van der Waals surface area contributed by atoms with Crippen LogP contribution < -0.4 is 10.1 Å². The lowest BCUT2D eigenvalue weighted by molar-refractivity contribution is -0.119. The molecule has 1 aromatic carbocycles. The molecule has 2 aromatic rings. The molecule has 1 amide bonds. The first-order chi connectivity index (χ1) is 10.5. The number of aromatic nitrogens is 3. The normalized spacial score (nSPS) is 10.8. The summed E-state index contributed by atoms with van der Waals surface area (Å²) in [5, 5.41) is 6.19. The van der Waals surface area contributed by atoms with E-state index in [2.05, 4.69) is 24.9 Å². The number of nitrogens with one attached hydrogen (secondary N) is 1. The van der Waals surface area contributed by atoms with E-state index in [-0.39, 0.29) is 18.0 Å². The molecule has 1 aromatic heterocycles. The largest absolute Gasteiger partial charge is 0.432 e. The fourth-order valence-electron chi connectivity index (χ4n) is 1.67. The standard InChI is InChI=1S/C12H11F3N4O3/c1-21-4-11(20)18-8-2-7(13)10(22-12(14)15)3-9(8)19-6-16-5-17-19/h2-3,5-6,12H,4H2,1H3,(H,18,20). The van der Waals surface area contributed by atoms with Gasteiger partial charge in [0.25, 0.3) is 0 Å². The quantitative estimate of drug-likeness (QED) is 0.875. The fraction of sp³-hybridized carbons (Fsp3) is 0.250. The van der Waals surface area contributed by atoms with Crippen LogP contribution in [0, 0.1) is 5.82 Å². The van der Waals surface area contributed by atoms with Crippen molar-refractivity contribution < 1.29 is 27.4 Å². The number of alkyl halides is 2. The van der Waals surface area contributed by atoms with Crippen molar-refractivity contribution in [3.05, 3.63) is 30.6 Å². The van der Waals surface area contributed by atoms with Gasteiger partial charge in [0.2, 0.25) is 5.91 Å². The highest BCUT2D eigenvalue weighted by atomic mass is 19.3. The van der Waals surface area contributed by atoms with Gasteiger partial charge in [0.15, 0.2) is 11.6 Å². The molecule has 22 heavy (non-hydrogen) atoms. The smallest absolute Gasteiger partial charge is 0.387 e. The molecule has 0 unspecified atom stereocenters. The molecule has 0 radical (unpaired) electrons. The van der Waals surface area contributed by atoms with E-state index >= 15 is 0 Å². The molecule has 1 N–H and O–H groups in total. The van der Waals surface area contributed by atoms with Crippen molar-refractivity contribution in [3.8, 4) is 11.4 Å². The molecule has 0 fully saturated rings. The third kappa shape index (κ3) is 3.73. The highest BCUT2D eigenvalue weighted by Crippen LogP contribution is 2.29. The molecule has 0 spiro atoms. The molecule has 0 atom stereocenters. The second-order valence-corrected chi connectivity index (χ2v) is 4.00. The van der Waals surface area contributed by atoms with Crippen LogP contribution >= 0.6 is 0 Å². The number of ether oxygens (including phenoxy) is 2. The molecule has 10 heteroatoms. The Labute approximate surface area is 122 Å². The molecular weight excluding hydrogens is 305 g/mol. The first-order valence-electron chi connectivity index (χ1n) is 5.93. The number of halogens is 3. The van der Waals surface area contributed by atoms with Gasteiger partial charge in [0.1, 0.15) is 19.3 Å². The van der Waals surface area contributed by atoms with Gasteiger partial charge >= 0.3 is 6.61 Å². The molecule has 0 aliphatic carbocycles. The molecule has 0 saturated heterocycles. The Bertz CT molecular complexity index is 649. The van der Waals surface area contributed by atoms with Crippen LogP contribution in [0.3, 0.4) is 0 Å². The summed E-state index contributed by atoms with van der Waals surface area (Å²) in [7, 11) is 1.32. The van der Waals surface area contributed by atoms with Gasteiger partial charge in [-0.3, -0.25) is 4.79 Å². The van der Waals surface area contributed by atoms with Crippen molar-refractivity contribution in [2.75, 3.05) is 19.0 Å². The topological polar surface area (TPSA) is 78.3 Å². The monoisotopic (exact) mass is 316 g/mol. The van der Waals surface area contributed by atoms with E-state index < -0.39 is 24.1 Å². The van der Waals surface area contributed by atoms with Gasteiger partial charge in [-0.15, -0.1) is 0 Å². The number of amides is 1. The van der Waals surface area contributed by atoms with Crippen LogP contribution in [-0.4, -0.2) is 41.0 Å². The number of carbonyl (C=O) groups is 1. The van der Waals surface area contributed by atoms with Gasteiger partial charge in [-0.1, -0.05) is 0 Å². The van der Waals surface area contributed by atoms with E-state index in [1.165, 1.54) is 24.4 Å². The highest BCUT2D eigenvalue weighted by Gasteiger charge is 2.17. The maximum Gasteiger partial charge on any atom is 0.387 e. The molecular formula is C12H11F3N4O3. The zero-order valence-corrected chi connectivity index (χ0v) is 11.3. The summed E-state index contributed by atoms with van der Waals surface area (Å²) >= 11 is 0. The number of methoxy groups -OCH3 is 1. The van der Waals surface area contributed by atoms with Crippen LogP contribution in [0.25, 0.3) is 5.69 Å². The van der Waals surface area contributed by atoms with Gasteiger partial charge < -0.3 is 14.8 Å². The summed E-state index contributed by atoms with van der Waals surface area (Å²) in [5.74, 6) is -2.28. The van der Waals surface area contributed by atoms with Gasteiger partial charge in [0, 0.05) is 19.2 Å². The predicted molar refractivity (Wildman–Crippen MR) is 68.5 cm³/mol. The van der Waals surface area contributed by atoms with Crippen molar-refractivity contribution in [1.82, 2.24) is 14.8 Å². The molecule has 0 saturated carbocycles. The summed E-state index contributed by atoms with van der Waals surface area (Å²) in [5.41, 5.74) is 0.116. The average Bonchev–Trinajstić information content (AvgIpc) is 2.95. The lowest BCUT2D eigenvalue weighted by Gasteiger charge is -2.14. The maximum absolute atomic E-state index is 13.8. The Morgan fingerprint density at radius 3 is 2.82 bits per heavy atom. The second kappa shape index (κ2) is 6.89. The van der Waals surface area contributed by atoms with Crippen LogP contribution in [0.15, 0.2) is 24.8 Å². The van der Waals surface area contributed by atoms with Crippen LogP contribution in [0.4, 0.5) is 18.9 Å². The Kier molecular flexibility index (Phi) is 4.94. The zero-order valence-electron chi connectivity index (χ0n) is 11.3. The van der Waals surface area contributed by atoms with E-state index in [0.717, 1.165) is 12.1 Å². The first kappa shape index (κ1) is 15.8. The van der Waals surface area contributed by atoms with Crippen molar-refractivity contribution >= 4 is 11.6 Å². The number of hydrogen-bond acceptors (Lipinski definition) is 5. The van der Waals surface area contributed by atoms with E-state index in [0.29, 0.717) is 0 Å². The van der Waals surface area contributed by atoms with Crippen LogP contribution in [0.5, 0.6) is 5.75 Å². The van der Waals surface area contributed by atoms with Crippen molar-refractivity contribution in [2.45, 2.75) is 6.61 Å². The average molecular weight is 316 g/mol. The minimum absolute atomic E-state index is 0.00617. The summed E-state index contributed by atoms with van der Waals surface area (Å²) in [4.78, 5) is 15.3. The Morgan fingerprint density at radius 1 is 1.45 bits per heavy atom. The third-order valence-electron chi connectivity index (χ3n) is 2.48. The SMILES string of the molecule is COCC(=O)Nc1cc(F)c(OC(F)F)cc1-n1cncn1. The lowest BCUT2D eigenvalue weighted by atomic mass is 10.2. The van der Waals surface area contributed by atoms with E-state index in [1.807, 2.05) is 0 Å². The number of rotatable bonds is 6. The number of hydrogen-bond donors (Lipinski definition) is 1. The second-order valence-electron chi connectivity index (χ2n) is 4.00. The van der Waals surface area contributed by atoms with E-state index in [1.54, 1.807) is 0 Å². The molecule has 118 valence electrons. The Hall–Kier alpha value is -2.62. The summed E-state index contributed by atoms with van der Waals surface area (Å²) in [6.45, 7) is -3.44. The lowest BCUT2D eigenvalue weighted by Crippen LogP contribution is -2.19. The predicted octanol–water partition coefficient (Wildman–Crippen LogP) is 1.59. The van der Waals surface area contributed by atoms with Crippen molar-refractivity contribution in [3.63, 3.8) is 0 Å². The van der Waals surface area contributed by atoms with Crippen LogP contribution in [0.1, 0.15) is 0 Å². The van der Waals surface area contributed by atoms with Crippen LogP contribution in [-0.2, 0) is 9.53 Å². The molecule has 0 bridgehead atoms. The van der Waals surface area contributed by atoms with Gasteiger partial charge in [0.05, 0.1) is 11.4 Å². The third-order valence-corrected chi connectivity index (χ3v) is 2.48. The molecule has 0 aliphatic heterocycles. The molecule has 1 heterocycles. The summed E-state index contributed by atoms with van der Waals surface area (Å²) < 4.78 is 48.2. The van der Waals surface area contributed by atoms with Gasteiger partial charge in [-0.2, -0.15) is 13.9 Å². The highest BCUT2D eigenvalue weighted by molar-refractivity contribution is 5.93. The molecule has 7 nitrogen and oxygen atoms in total. The Morgan fingerprint density at radius 2 is 2.23 bits per heavy atom. The number of carbonyl (C=O) groups excluding carboxylic acids is 1. The summed E-state index contributed by atoms with van der Waals surface area (Å²) in [6.07, 6.45) is 2.45. The number of benzene rings is 1. The zero-order chi connectivity index (χ0) is 16.1. The molecule has 2 rings (SSSR count). The van der Waals surface area contributed by atoms with E-state index in [4.69, 9.17) is 0 Å². The Balaban J connectivity index is 2.42. The van der Waals surface area contributed by atoms with Gasteiger partial charge in [-0.05, 0) is 0 Å². The molecule has 0 aliphatic rings.